The molecule has 1 saturated heterocycles. The Morgan fingerprint density at radius 1 is 1.41 bits per heavy atom. The molecule has 0 amide bonds. The van der Waals surface area contributed by atoms with Crippen LogP contribution in [0, 0.1) is 10.6 Å². The standard InChI is InChI=1S/C17H17F2N2O9PS/c18-10-1-2-11-8(3-10)6-27-31(26,30-11)28-7-17(19)13(24)12(23)15(29-17)21-4-9(5-22)14(25)20-16(21)32/h1-4,12-13,15,22-24H,5-7H2,(H,20,25,32)/t12-,13+,15-,17-,31?/m1/s1. The molecule has 5 atom stereocenters. The Balaban J connectivity index is 1.52. The molecule has 1 aromatic heterocycles. The van der Waals surface area contributed by atoms with Gasteiger partial charge < -0.3 is 24.6 Å². The predicted octanol–water partition coefficient (Wildman–Crippen LogP) is 1.19. The first-order valence-corrected chi connectivity index (χ1v) is 11.0. The molecule has 0 aliphatic carbocycles. The Morgan fingerprint density at radius 3 is 2.88 bits per heavy atom. The van der Waals surface area contributed by atoms with E-state index in [0.717, 1.165) is 22.9 Å². The van der Waals surface area contributed by atoms with Gasteiger partial charge in [-0.1, -0.05) is 0 Å². The fraction of sp³-hybridized carbons (Fsp3) is 0.412. The second kappa shape index (κ2) is 8.39. The highest BCUT2D eigenvalue weighted by Crippen LogP contribution is 2.55. The van der Waals surface area contributed by atoms with Crippen LogP contribution in [0.25, 0.3) is 0 Å². The average molecular weight is 494 g/mol. The molecule has 1 fully saturated rings. The number of hydrogen-bond donors (Lipinski definition) is 4. The molecule has 0 bridgehead atoms. The van der Waals surface area contributed by atoms with Crippen LogP contribution < -0.4 is 10.1 Å². The van der Waals surface area contributed by atoms with E-state index in [4.69, 9.17) is 30.5 Å². The van der Waals surface area contributed by atoms with E-state index >= 15 is 4.39 Å². The summed E-state index contributed by atoms with van der Waals surface area (Å²) in [5.74, 6) is -3.64. The lowest BCUT2D eigenvalue weighted by Crippen LogP contribution is -2.43. The van der Waals surface area contributed by atoms with Crippen LogP contribution in [0.1, 0.15) is 17.4 Å². The number of rotatable bonds is 5. The van der Waals surface area contributed by atoms with Gasteiger partial charge >= 0.3 is 7.82 Å². The van der Waals surface area contributed by atoms with Crippen LogP contribution >= 0.6 is 20.0 Å². The van der Waals surface area contributed by atoms with Crippen LogP contribution in [0.5, 0.6) is 5.75 Å². The Hall–Kier alpha value is -2.03. The van der Waals surface area contributed by atoms with Crippen LogP contribution in [-0.2, 0) is 31.6 Å². The molecular formula is C17H17F2N2O9PS. The minimum Gasteiger partial charge on any atom is -0.404 e. The third-order valence-electron chi connectivity index (χ3n) is 4.89. The molecule has 2 aromatic rings. The summed E-state index contributed by atoms with van der Waals surface area (Å²) in [6.07, 6.45) is -4.65. The third kappa shape index (κ3) is 4.16. The van der Waals surface area contributed by atoms with Crippen molar-refractivity contribution >= 4 is 20.0 Å². The fourth-order valence-corrected chi connectivity index (χ4v) is 4.68. The van der Waals surface area contributed by atoms with Crippen molar-refractivity contribution in [2.24, 2.45) is 0 Å². The molecule has 0 radical (unpaired) electrons. The van der Waals surface area contributed by atoms with Crippen LogP contribution in [0.2, 0.25) is 0 Å². The maximum atomic E-state index is 15.4. The number of hydrogen-bond acceptors (Lipinski definition) is 10. The number of aliphatic hydroxyl groups excluding tert-OH is 3. The lowest BCUT2D eigenvalue weighted by Gasteiger charge is -2.28. The molecule has 4 N–H and O–H groups in total. The number of fused-ring (bicyclic) bond motifs is 1. The van der Waals surface area contributed by atoms with E-state index in [1.54, 1.807) is 0 Å². The maximum Gasteiger partial charge on any atom is 0.530 e. The summed E-state index contributed by atoms with van der Waals surface area (Å²) >= 11 is 4.97. The Labute approximate surface area is 183 Å². The van der Waals surface area contributed by atoms with Gasteiger partial charge in [0.15, 0.2) is 11.0 Å². The summed E-state index contributed by atoms with van der Waals surface area (Å²) in [5.41, 5.74) is -0.587. The summed E-state index contributed by atoms with van der Waals surface area (Å²) in [6, 6.07) is 3.37. The van der Waals surface area contributed by atoms with E-state index in [-0.39, 0.29) is 28.3 Å². The summed E-state index contributed by atoms with van der Waals surface area (Å²) in [5, 5.41) is 29.8. The van der Waals surface area contributed by atoms with Gasteiger partial charge in [0.25, 0.3) is 11.4 Å². The maximum absolute atomic E-state index is 15.4. The SMILES string of the molecule is O=c1[nH]c(=S)n([C@@H]2O[C@](F)(COP3(=O)OCc4cc(F)ccc4O3)[C@@H](O)[C@H]2O)cc1CO. The number of halogens is 2. The predicted molar refractivity (Wildman–Crippen MR) is 103 cm³/mol. The number of phosphoric acid groups is 1. The van der Waals surface area contributed by atoms with E-state index in [0.29, 0.717) is 0 Å². The topological polar surface area (TPSA) is 152 Å². The zero-order chi connectivity index (χ0) is 23.3. The van der Waals surface area contributed by atoms with Gasteiger partial charge in [0.1, 0.15) is 30.4 Å². The fourth-order valence-electron chi connectivity index (χ4n) is 3.20. The largest absolute Gasteiger partial charge is 0.530 e. The van der Waals surface area contributed by atoms with Crippen molar-refractivity contribution in [2.45, 2.75) is 37.5 Å². The molecule has 4 rings (SSSR count). The molecule has 3 heterocycles. The van der Waals surface area contributed by atoms with Crippen molar-refractivity contribution in [1.29, 1.82) is 0 Å². The number of phosphoric ester groups is 1. The summed E-state index contributed by atoms with van der Waals surface area (Å²) in [4.78, 5) is 13.9. The minimum absolute atomic E-state index is 0.00997. The first-order valence-electron chi connectivity index (χ1n) is 9.10. The van der Waals surface area contributed by atoms with Crippen molar-refractivity contribution < 1.29 is 47.0 Å². The van der Waals surface area contributed by atoms with E-state index in [2.05, 4.69) is 4.98 Å². The van der Waals surface area contributed by atoms with Gasteiger partial charge in [0, 0.05) is 11.8 Å². The van der Waals surface area contributed by atoms with Crippen LogP contribution in [0.3, 0.4) is 0 Å². The number of aromatic amines is 1. The van der Waals surface area contributed by atoms with E-state index in [1.807, 2.05) is 0 Å². The number of nitrogens with one attached hydrogen (secondary N) is 1. The second-order valence-corrected chi connectivity index (χ2v) is 9.03. The molecule has 0 saturated carbocycles. The van der Waals surface area contributed by atoms with Crippen molar-refractivity contribution in [2.75, 3.05) is 6.61 Å². The van der Waals surface area contributed by atoms with Gasteiger partial charge in [-0.05, 0) is 30.4 Å². The van der Waals surface area contributed by atoms with Crippen molar-refractivity contribution in [1.82, 2.24) is 9.55 Å². The highest BCUT2D eigenvalue weighted by Gasteiger charge is 2.57. The smallest absolute Gasteiger partial charge is 0.404 e. The number of aromatic nitrogens is 2. The number of aliphatic hydroxyl groups is 3. The van der Waals surface area contributed by atoms with Gasteiger partial charge in [-0.15, -0.1) is 0 Å². The lowest BCUT2D eigenvalue weighted by molar-refractivity contribution is -0.205. The summed E-state index contributed by atoms with van der Waals surface area (Å²) in [6.45, 7) is -2.20. The molecule has 1 aromatic carbocycles. The number of H-pyrrole nitrogens is 1. The van der Waals surface area contributed by atoms with Crippen LogP contribution in [0.15, 0.2) is 29.2 Å². The van der Waals surface area contributed by atoms with Crippen molar-refractivity contribution in [3.05, 3.63) is 56.5 Å². The summed E-state index contributed by atoms with van der Waals surface area (Å²) in [7, 11) is -4.37. The molecule has 2 aliphatic rings. The third-order valence-corrected chi connectivity index (χ3v) is 6.51. The monoisotopic (exact) mass is 494 g/mol. The molecule has 15 heteroatoms. The highest BCUT2D eigenvalue weighted by atomic mass is 32.1. The molecule has 1 unspecified atom stereocenters. The molecule has 32 heavy (non-hydrogen) atoms. The van der Waals surface area contributed by atoms with Crippen LogP contribution in [-0.4, -0.2) is 49.5 Å². The molecule has 2 aliphatic heterocycles. The quantitative estimate of drug-likeness (QED) is 0.352. The molecule has 11 nitrogen and oxygen atoms in total. The van der Waals surface area contributed by atoms with E-state index < -0.39 is 56.7 Å². The van der Waals surface area contributed by atoms with Gasteiger partial charge in [0.05, 0.1) is 18.8 Å². The van der Waals surface area contributed by atoms with Gasteiger partial charge in [-0.25, -0.2) is 13.3 Å². The lowest BCUT2D eigenvalue weighted by atomic mass is 10.1. The average Bonchev–Trinajstić information content (AvgIpc) is 2.97. The molecular weight excluding hydrogens is 477 g/mol. The second-order valence-electron chi connectivity index (χ2n) is 7.05. The zero-order valence-electron chi connectivity index (χ0n) is 16.0. The first kappa shape index (κ1) is 23.1. The van der Waals surface area contributed by atoms with Gasteiger partial charge in [0.2, 0.25) is 0 Å². The zero-order valence-corrected chi connectivity index (χ0v) is 17.7. The Bertz CT molecular complexity index is 1210. The first-order chi connectivity index (χ1) is 15.0. The van der Waals surface area contributed by atoms with E-state index in [9.17, 15) is 29.1 Å². The number of nitrogens with zero attached hydrogens (tertiary/aromatic N) is 1. The minimum atomic E-state index is -4.37. The van der Waals surface area contributed by atoms with Gasteiger partial charge in [-0.2, -0.15) is 0 Å². The Morgan fingerprint density at radius 2 is 2.16 bits per heavy atom. The van der Waals surface area contributed by atoms with E-state index in [1.165, 1.54) is 6.07 Å². The number of ether oxygens (including phenoxy) is 1. The van der Waals surface area contributed by atoms with Gasteiger partial charge in [-0.3, -0.25) is 23.4 Å². The molecule has 174 valence electrons. The highest BCUT2D eigenvalue weighted by molar-refractivity contribution is 7.71. The van der Waals surface area contributed by atoms with Crippen molar-refractivity contribution in [3.63, 3.8) is 0 Å². The molecule has 0 spiro atoms. The van der Waals surface area contributed by atoms with Crippen molar-refractivity contribution in [3.8, 4) is 5.75 Å². The number of benzene rings is 1. The number of alkyl halides is 1. The normalized spacial score (nSPS) is 31.8. The Kier molecular flexibility index (Phi) is 6.07. The van der Waals surface area contributed by atoms with Crippen LogP contribution in [0.4, 0.5) is 8.78 Å². The summed E-state index contributed by atoms with van der Waals surface area (Å²) < 4.78 is 62.1.